The predicted octanol–water partition coefficient (Wildman–Crippen LogP) is 0.210. The summed E-state index contributed by atoms with van der Waals surface area (Å²) in [7, 11) is 0. The molecule has 98 valence electrons. The lowest BCUT2D eigenvalue weighted by molar-refractivity contribution is -0.148. The molecule has 6 nitrogen and oxygen atoms in total. The van der Waals surface area contributed by atoms with E-state index in [1.807, 2.05) is 20.8 Å². The number of carbonyl (C=O) groups is 3. The molecule has 0 aromatic rings. The third-order valence-electron chi connectivity index (χ3n) is 2.34. The van der Waals surface area contributed by atoms with Crippen LogP contribution >= 0.6 is 0 Å². The molecule has 0 heterocycles. The van der Waals surface area contributed by atoms with Gasteiger partial charge in [-0.2, -0.15) is 0 Å². The minimum Gasteiger partial charge on any atom is -0.480 e. The van der Waals surface area contributed by atoms with Crippen LogP contribution < -0.4 is 5.73 Å². The first-order chi connectivity index (χ1) is 7.67. The summed E-state index contributed by atoms with van der Waals surface area (Å²) in [6, 6.07) is -1.17. The summed E-state index contributed by atoms with van der Waals surface area (Å²) in [5, 5.41) is 8.94. The molecule has 0 spiro atoms. The van der Waals surface area contributed by atoms with Gasteiger partial charge in [0.25, 0.3) is 0 Å². The molecule has 3 N–H and O–H groups in total. The zero-order valence-electron chi connectivity index (χ0n) is 10.5. The second-order valence-corrected chi connectivity index (χ2v) is 5.18. The average molecular weight is 244 g/mol. The van der Waals surface area contributed by atoms with Crippen molar-refractivity contribution in [3.8, 4) is 0 Å². The van der Waals surface area contributed by atoms with Crippen LogP contribution in [0.2, 0.25) is 0 Å². The molecule has 0 fully saturated rings. The largest absolute Gasteiger partial charge is 0.480 e. The number of hydrogen-bond acceptors (Lipinski definition) is 3. The molecule has 0 aromatic heterocycles. The lowest BCUT2D eigenvalue weighted by Gasteiger charge is -2.27. The van der Waals surface area contributed by atoms with Gasteiger partial charge in [-0.05, 0) is 11.8 Å². The minimum absolute atomic E-state index is 0.0168. The van der Waals surface area contributed by atoms with E-state index in [1.165, 1.54) is 0 Å². The molecule has 0 bridgehead atoms. The van der Waals surface area contributed by atoms with Crippen LogP contribution in [0.4, 0.5) is 0 Å². The Morgan fingerprint density at radius 3 is 2.24 bits per heavy atom. The summed E-state index contributed by atoms with van der Waals surface area (Å²) in [5.74, 6) is -1.95. The van der Waals surface area contributed by atoms with Gasteiger partial charge in [0.1, 0.15) is 6.04 Å². The van der Waals surface area contributed by atoms with Crippen molar-refractivity contribution in [2.75, 3.05) is 6.54 Å². The van der Waals surface area contributed by atoms with Crippen LogP contribution in [-0.4, -0.2) is 40.9 Å². The van der Waals surface area contributed by atoms with Gasteiger partial charge in [-0.15, -0.1) is 0 Å². The van der Waals surface area contributed by atoms with E-state index in [9.17, 15) is 14.4 Å². The van der Waals surface area contributed by atoms with E-state index in [0.29, 0.717) is 12.8 Å². The molecule has 17 heavy (non-hydrogen) atoms. The molecule has 0 aromatic carbocycles. The van der Waals surface area contributed by atoms with Crippen LogP contribution in [0.5, 0.6) is 0 Å². The quantitative estimate of drug-likeness (QED) is 0.625. The molecule has 0 rings (SSSR count). The number of primary amides is 1. The van der Waals surface area contributed by atoms with Crippen molar-refractivity contribution in [2.24, 2.45) is 11.1 Å². The standard InChI is InChI=1S/C11H20N2O4/c1-11(2,3)4-5-13(7-14)8(10(16)17)6-9(12)15/h7-8H,4-6H2,1-3H3,(H2,12,15)(H,16,17)/t8-/m0/s1. The van der Waals surface area contributed by atoms with Crippen LogP contribution in [0, 0.1) is 5.41 Å². The van der Waals surface area contributed by atoms with Gasteiger partial charge in [0.2, 0.25) is 12.3 Å². The van der Waals surface area contributed by atoms with Crippen molar-refractivity contribution in [1.82, 2.24) is 4.90 Å². The summed E-state index contributed by atoms with van der Waals surface area (Å²) in [5.41, 5.74) is 4.94. The highest BCUT2D eigenvalue weighted by Crippen LogP contribution is 2.19. The maximum Gasteiger partial charge on any atom is 0.326 e. The van der Waals surface area contributed by atoms with E-state index in [1.54, 1.807) is 0 Å². The highest BCUT2D eigenvalue weighted by atomic mass is 16.4. The van der Waals surface area contributed by atoms with Gasteiger partial charge in [0.05, 0.1) is 6.42 Å². The number of carbonyl (C=O) groups excluding carboxylic acids is 2. The maximum absolute atomic E-state index is 11.0. The van der Waals surface area contributed by atoms with Crippen molar-refractivity contribution in [2.45, 2.75) is 39.7 Å². The monoisotopic (exact) mass is 244 g/mol. The molecule has 0 unspecified atom stereocenters. The molecule has 2 amide bonds. The number of amides is 2. The van der Waals surface area contributed by atoms with Gasteiger partial charge in [0.15, 0.2) is 0 Å². The number of nitrogens with two attached hydrogens (primary N) is 1. The van der Waals surface area contributed by atoms with Crippen LogP contribution in [0.15, 0.2) is 0 Å². The van der Waals surface area contributed by atoms with E-state index >= 15 is 0 Å². The third-order valence-corrected chi connectivity index (χ3v) is 2.34. The van der Waals surface area contributed by atoms with E-state index in [-0.39, 0.29) is 18.4 Å². The van der Waals surface area contributed by atoms with Gasteiger partial charge in [-0.25, -0.2) is 4.79 Å². The van der Waals surface area contributed by atoms with E-state index in [2.05, 4.69) is 0 Å². The van der Waals surface area contributed by atoms with Crippen molar-refractivity contribution >= 4 is 18.3 Å². The molecule has 0 aliphatic rings. The number of nitrogens with zero attached hydrogens (tertiary/aromatic N) is 1. The minimum atomic E-state index is -1.22. The maximum atomic E-state index is 11.0. The van der Waals surface area contributed by atoms with Gasteiger partial charge in [-0.3, -0.25) is 9.59 Å². The number of carboxylic acids is 1. The van der Waals surface area contributed by atoms with Gasteiger partial charge < -0.3 is 15.7 Å². The number of aliphatic carboxylic acids is 1. The van der Waals surface area contributed by atoms with Crippen LogP contribution in [-0.2, 0) is 14.4 Å². The lowest BCUT2D eigenvalue weighted by atomic mass is 9.92. The Morgan fingerprint density at radius 1 is 1.41 bits per heavy atom. The summed E-state index contributed by atoms with van der Waals surface area (Å²) in [4.78, 5) is 33.7. The fraction of sp³-hybridized carbons (Fsp3) is 0.727. The first-order valence-electron chi connectivity index (χ1n) is 5.39. The van der Waals surface area contributed by atoms with Crippen LogP contribution in [0.3, 0.4) is 0 Å². The zero-order chi connectivity index (χ0) is 13.6. The Bertz CT molecular complexity index is 296. The van der Waals surface area contributed by atoms with Crippen LogP contribution in [0.1, 0.15) is 33.6 Å². The fourth-order valence-electron chi connectivity index (χ4n) is 1.28. The first-order valence-corrected chi connectivity index (χ1v) is 5.39. The Balaban J connectivity index is 4.62. The molecule has 0 radical (unpaired) electrons. The normalized spacial score (nSPS) is 12.9. The van der Waals surface area contributed by atoms with E-state index in [0.717, 1.165) is 4.90 Å². The molecular weight excluding hydrogens is 224 g/mol. The number of carboxylic acid groups (broad SMARTS) is 1. The van der Waals surface area contributed by atoms with E-state index < -0.39 is 17.9 Å². The SMILES string of the molecule is CC(C)(C)CCN(C=O)[C@@H](CC(N)=O)C(=O)O. The molecule has 0 saturated carbocycles. The summed E-state index contributed by atoms with van der Waals surface area (Å²) in [6.45, 7) is 6.25. The van der Waals surface area contributed by atoms with Crippen LogP contribution in [0.25, 0.3) is 0 Å². The average Bonchev–Trinajstić information content (AvgIpc) is 2.14. The second kappa shape index (κ2) is 6.22. The summed E-state index contributed by atoms with van der Waals surface area (Å²) >= 11 is 0. The van der Waals surface area contributed by atoms with Gasteiger partial charge >= 0.3 is 5.97 Å². The summed E-state index contributed by atoms with van der Waals surface area (Å²) < 4.78 is 0. The Hall–Kier alpha value is -1.59. The predicted molar refractivity (Wildman–Crippen MR) is 62.1 cm³/mol. The Labute approximate surface area is 101 Å². The first kappa shape index (κ1) is 15.4. The smallest absolute Gasteiger partial charge is 0.326 e. The second-order valence-electron chi connectivity index (χ2n) is 5.18. The lowest BCUT2D eigenvalue weighted by Crippen LogP contribution is -2.44. The highest BCUT2D eigenvalue weighted by Gasteiger charge is 2.27. The topological polar surface area (TPSA) is 101 Å². The molecule has 6 heteroatoms. The van der Waals surface area contributed by atoms with E-state index in [4.69, 9.17) is 10.8 Å². The van der Waals surface area contributed by atoms with Crippen molar-refractivity contribution < 1.29 is 19.5 Å². The highest BCUT2D eigenvalue weighted by molar-refractivity contribution is 5.84. The molecule has 0 aliphatic heterocycles. The van der Waals surface area contributed by atoms with Gasteiger partial charge in [0, 0.05) is 6.54 Å². The number of rotatable bonds is 7. The third kappa shape index (κ3) is 6.55. The van der Waals surface area contributed by atoms with Gasteiger partial charge in [-0.1, -0.05) is 20.8 Å². The summed E-state index contributed by atoms with van der Waals surface area (Å²) in [6.07, 6.45) is 0.736. The van der Waals surface area contributed by atoms with Crippen molar-refractivity contribution in [1.29, 1.82) is 0 Å². The fourth-order valence-corrected chi connectivity index (χ4v) is 1.28. The van der Waals surface area contributed by atoms with Crippen molar-refractivity contribution in [3.05, 3.63) is 0 Å². The molecular formula is C11H20N2O4. The molecule has 0 saturated heterocycles. The Morgan fingerprint density at radius 2 is 1.94 bits per heavy atom. The zero-order valence-corrected chi connectivity index (χ0v) is 10.5. The number of hydrogen-bond donors (Lipinski definition) is 2. The molecule has 1 atom stereocenters. The molecule has 0 aliphatic carbocycles. The van der Waals surface area contributed by atoms with Crippen molar-refractivity contribution in [3.63, 3.8) is 0 Å². The Kier molecular flexibility index (Phi) is 5.64.